The van der Waals surface area contributed by atoms with Crippen LogP contribution in [0.1, 0.15) is 19.8 Å². The molecule has 1 fully saturated rings. The van der Waals surface area contributed by atoms with Crippen LogP contribution < -0.4 is 15.8 Å². The molecule has 1 amide bonds. The highest BCUT2D eigenvalue weighted by atomic mass is 16.5. The minimum Gasteiger partial charge on any atom is -0.493 e. The topological polar surface area (TPSA) is 73.6 Å². The van der Waals surface area contributed by atoms with Crippen LogP contribution in [0.3, 0.4) is 0 Å². The number of anilines is 1. The number of benzene rings is 1. The van der Waals surface area contributed by atoms with E-state index in [1.165, 1.54) is 0 Å². The van der Waals surface area contributed by atoms with E-state index in [0.717, 1.165) is 44.1 Å². The second-order valence-corrected chi connectivity index (χ2v) is 5.17. The van der Waals surface area contributed by atoms with Crippen LogP contribution in [-0.4, -0.2) is 31.8 Å². The van der Waals surface area contributed by atoms with Gasteiger partial charge in [-0.15, -0.1) is 0 Å². The molecule has 1 aromatic carbocycles. The van der Waals surface area contributed by atoms with Crippen molar-refractivity contribution in [2.24, 2.45) is 11.7 Å². The summed E-state index contributed by atoms with van der Waals surface area (Å²) < 4.78 is 11.1. The van der Waals surface area contributed by atoms with Gasteiger partial charge >= 0.3 is 0 Å². The number of rotatable bonds is 5. The molecule has 0 aliphatic carbocycles. The monoisotopic (exact) mass is 278 g/mol. The van der Waals surface area contributed by atoms with E-state index in [2.05, 4.69) is 5.32 Å². The summed E-state index contributed by atoms with van der Waals surface area (Å²) in [4.78, 5) is 11.5. The van der Waals surface area contributed by atoms with Gasteiger partial charge in [0.1, 0.15) is 5.75 Å². The summed E-state index contributed by atoms with van der Waals surface area (Å²) in [6.07, 6.45) is 2.12. The highest BCUT2D eigenvalue weighted by molar-refractivity contribution is 5.94. The van der Waals surface area contributed by atoms with Crippen molar-refractivity contribution in [3.05, 3.63) is 24.3 Å². The van der Waals surface area contributed by atoms with Crippen molar-refractivity contribution in [2.75, 3.05) is 25.1 Å². The summed E-state index contributed by atoms with van der Waals surface area (Å²) in [5.74, 6) is 1.19. The molecule has 5 nitrogen and oxygen atoms in total. The zero-order valence-electron chi connectivity index (χ0n) is 11.8. The van der Waals surface area contributed by atoms with Gasteiger partial charge in [0.15, 0.2) is 0 Å². The quantitative estimate of drug-likeness (QED) is 0.861. The Morgan fingerprint density at radius 1 is 1.40 bits per heavy atom. The fourth-order valence-corrected chi connectivity index (χ4v) is 2.02. The predicted molar refractivity (Wildman–Crippen MR) is 77.8 cm³/mol. The lowest BCUT2D eigenvalue weighted by Crippen LogP contribution is -2.32. The van der Waals surface area contributed by atoms with Gasteiger partial charge in [0.05, 0.1) is 12.6 Å². The molecular weight excluding hydrogens is 256 g/mol. The number of hydrogen-bond donors (Lipinski definition) is 2. The summed E-state index contributed by atoms with van der Waals surface area (Å²) in [6.45, 7) is 4.03. The van der Waals surface area contributed by atoms with Gasteiger partial charge in [0.25, 0.3) is 0 Å². The Morgan fingerprint density at radius 3 is 2.65 bits per heavy atom. The Morgan fingerprint density at radius 2 is 2.05 bits per heavy atom. The Kier molecular flexibility index (Phi) is 5.38. The molecule has 1 aliphatic heterocycles. The molecule has 3 N–H and O–H groups in total. The normalized spacial score (nSPS) is 17.5. The molecule has 20 heavy (non-hydrogen) atoms. The zero-order valence-corrected chi connectivity index (χ0v) is 11.8. The van der Waals surface area contributed by atoms with Crippen LogP contribution in [-0.2, 0) is 9.53 Å². The summed E-state index contributed by atoms with van der Waals surface area (Å²) in [6, 6.07) is 6.84. The van der Waals surface area contributed by atoms with Gasteiger partial charge < -0.3 is 20.5 Å². The van der Waals surface area contributed by atoms with Crippen molar-refractivity contribution < 1.29 is 14.3 Å². The highest BCUT2D eigenvalue weighted by Gasteiger charge is 2.14. The van der Waals surface area contributed by atoms with E-state index in [9.17, 15) is 4.79 Å². The third-order valence-electron chi connectivity index (χ3n) is 3.36. The molecule has 1 heterocycles. The minimum absolute atomic E-state index is 0.194. The lowest BCUT2D eigenvalue weighted by molar-refractivity contribution is -0.117. The Labute approximate surface area is 119 Å². The van der Waals surface area contributed by atoms with Gasteiger partial charge in [-0.3, -0.25) is 4.79 Å². The third kappa shape index (κ3) is 4.51. The average Bonchev–Trinajstić information content (AvgIpc) is 2.47. The maximum atomic E-state index is 11.5. The zero-order chi connectivity index (χ0) is 14.4. The Hall–Kier alpha value is -1.59. The second kappa shape index (κ2) is 7.26. The molecule has 1 saturated heterocycles. The first-order chi connectivity index (χ1) is 9.65. The van der Waals surface area contributed by atoms with Crippen LogP contribution >= 0.6 is 0 Å². The van der Waals surface area contributed by atoms with E-state index >= 15 is 0 Å². The first-order valence-corrected chi connectivity index (χ1v) is 7.02. The van der Waals surface area contributed by atoms with Crippen molar-refractivity contribution in [1.82, 2.24) is 0 Å². The van der Waals surface area contributed by atoms with Crippen LogP contribution in [0.4, 0.5) is 5.69 Å². The summed E-state index contributed by atoms with van der Waals surface area (Å²) >= 11 is 0. The number of nitrogens with two attached hydrogens (primary N) is 1. The molecule has 2 rings (SSSR count). The maximum Gasteiger partial charge on any atom is 0.240 e. The average molecular weight is 278 g/mol. The third-order valence-corrected chi connectivity index (χ3v) is 3.36. The van der Waals surface area contributed by atoms with Gasteiger partial charge in [0.2, 0.25) is 5.91 Å². The standard InChI is InChI=1S/C15H22N2O3/c1-11(16)15(18)17-13-2-4-14(5-3-13)20-10-12-6-8-19-9-7-12/h2-5,11-12H,6-10,16H2,1H3,(H,17,18)/t11-/m1/s1. The summed E-state index contributed by atoms with van der Waals surface area (Å²) in [7, 11) is 0. The van der Waals surface area contributed by atoms with Crippen LogP contribution in [0.25, 0.3) is 0 Å². The number of hydrogen-bond acceptors (Lipinski definition) is 4. The summed E-state index contributed by atoms with van der Waals surface area (Å²) in [5, 5.41) is 2.74. The van der Waals surface area contributed by atoms with Crippen LogP contribution in [0.15, 0.2) is 24.3 Å². The molecule has 0 aromatic heterocycles. The number of carbonyl (C=O) groups excluding carboxylic acids is 1. The van der Waals surface area contributed by atoms with E-state index in [0.29, 0.717) is 5.92 Å². The second-order valence-electron chi connectivity index (χ2n) is 5.17. The fourth-order valence-electron chi connectivity index (χ4n) is 2.02. The Balaban J connectivity index is 1.80. The molecular formula is C15H22N2O3. The summed E-state index contributed by atoms with van der Waals surface area (Å²) in [5.41, 5.74) is 6.22. The lowest BCUT2D eigenvalue weighted by atomic mass is 10.0. The molecule has 0 radical (unpaired) electrons. The molecule has 0 spiro atoms. The van der Waals surface area contributed by atoms with Gasteiger partial charge in [-0.25, -0.2) is 0 Å². The predicted octanol–water partition coefficient (Wildman–Crippen LogP) is 1.78. The van der Waals surface area contributed by atoms with E-state index in [4.69, 9.17) is 15.2 Å². The lowest BCUT2D eigenvalue weighted by Gasteiger charge is -2.22. The molecule has 0 bridgehead atoms. The number of carbonyl (C=O) groups is 1. The number of ether oxygens (including phenoxy) is 2. The van der Waals surface area contributed by atoms with Gasteiger partial charge in [-0.05, 0) is 49.9 Å². The largest absolute Gasteiger partial charge is 0.493 e. The molecule has 0 unspecified atom stereocenters. The van der Waals surface area contributed by atoms with E-state index in [1.54, 1.807) is 6.92 Å². The first kappa shape index (κ1) is 14.8. The molecule has 1 atom stereocenters. The minimum atomic E-state index is -0.514. The molecule has 1 aliphatic rings. The first-order valence-electron chi connectivity index (χ1n) is 7.02. The number of nitrogens with one attached hydrogen (secondary N) is 1. The fraction of sp³-hybridized carbons (Fsp3) is 0.533. The Bertz CT molecular complexity index is 425. The smallest absolute Gasteiger partial charge is 0.240 e. The molecule has 110 valence electrons. The van der Waals surface area contributed by atoms with Crippen LogP contribution in [0.5, 0.6) is 5.75 Å². The van der Waals surface area contributed by atoms with Crippen molar-refractivity contribution in [3.8, 4) is 5.75 Å². The molecule has 1 aromatic rings. The van der Waals surface area contributed by atoms with Crippen LogP contribution in [0.2, 0.25) is 0 Å². The van der Waals surface area contributed by atoms with Crippen molar-refractivity contribution >= 4 is 11.6 Å². The van der Waals surface area contributed by atoms with Gasteiger partial charge in [-0.2, -0.15) is 0 Å². The van der Waals surface area contributed by atoms with Gasteiger partial charge in [-0.1, -0.05) is 0 Å². The van der Waals surface area contributed by atoms with Crippen molar-refractivity contribution in [3.63, 3.8) is 0 Å². The molecule has 0 saturated carbocycles. The van der Waals surface area contributed by atoms with E-state index in [-0.39, 0.29) is 5.91 Å². The maximum absolute atomic E-state index is 11.5. The SMILES string of the molecule is C[C@@H](N)C(=O)Nc1ccc(OCC2CCOCC2)cc1. The van der Waals surface area contributed by atoms with Crippen molar-refractivity contribution in [2.45, 2.75) is 25.8 Å². The van der Waals surface area contributed by atoms with Gasteiger partial charge in [0, 0.05) is 18.9 Å². The van der Waals surface area contributed by atoms with Crippen molar-refractivity contribution in [1.29, 1.82) is 0 Å². The highest BCUT2D eigenvalue weighted by Crippen LogP contribution is 2.19. The molecule has 5 heteroatoms. The van der Waals surface area contributed by atoms with Crippen LogP contribution in [0, 0.1) is 5.92 Å². The van der Waals surface area contributed by atoms with E-state index in [1.807, 2.05) is 24.3 Å². The number of amides is 1. The van der Waals surface area contributed by atoms with E-state index < -0.39 is 6.04 Å².